The highest BCUT2D eigenvalue weighted by Gasteiger charge is 2.44. The molecule has 2 atom stereocenters. The molecule has 0 saturated heterocycles. The number of carbonyl (C=O) groups is 1. The van der Waals surface area contributed by atoms with E-state index in [9.17, 15) is 18.0 Å². The number of hydrogen-bond acceptors (Lipinski definition) is 3. The van der Waals surface area contributed by atoms with Gasteiger partial charge in [0.05, 0.1) is 12.5 Å². The van der Waals surface area contributed by atoms with Crippen LogP contribution in [0.5, 0.6) is 0 Å². The summed E-state index contributed by atoms with van der Waals surface area (Å²) in [5, 5.41) is 8.00. The van der Waals surface area contributed by atoms with Crippen molar-refractivity contribution in [1.82, 2.24) is 19.7 Å². The van der Waals surface area contributed by atoms with Crippen LogP contribution in [0.15, 0.2) is 0 Å². The third-order valence-corrected chi connectivity index (χ3v) is 4.74. The molecule has 1 saturated carbocycles. The van der Waals surface area contributed by atoms with Crippen LogP contribution >= 0.6 is 0 Å². The van der Waals surface area contributed by atoms with E-state index in [1.165, 1.54) is 0 Å². The second-order valence-corrected chi connectivity index (χ2v) is 6.18. The van der Waals surface area contributed by atoms with Crippen LogP contribution in [0.3, 0.4) is 0 Å². The molecule has 0 unspecified atom stereocenters. The number of alkyl halides is 3. The van der Waals surface area contributed by atoms with Gasteiger partial charge in [-0.2, -0.15) is 13.2 Å². The lowest BCUT2D eigenvalue weighted by Gasteiger charge is -2.35. The summed E-state index contributed by atoms with van der Waals surface area (Å²) in [6.07, 6.45) is -3.12. The molecule has 0 spiro atoms. The average Bonchev–Trinajstić information content (AvgIpc) is 2.87. The molecule has 1 aromatic rings. The topological polar surface area (TPSA) is 51.0 Å². The number of amides is 1. The molecule has 0 N–H and O–H groups in total. The van der Waals surface area contributed by atoms with Gasteiger partial charge in [-0.05, 0) is 26.2 Å². The zero-order valence-electron chi connectivity index (χ0n) is 12.4. The van der Waals surface area contributed by atoms with Crippen LogP contribution in [-0.4, -0.2) is 38.3 Å². The molecule has 1 aliphatic heterocycles. The lowest BCUT2D eigenvalue weighted by Crippen LogP contribution is -2.44. The largest absolute Gasteiger partial charge is 0.391 e. The fourth-order valence-corrected chi connectivity index (χ4v) is 3.46. The quantitative estimate of drug-likeness (QED) is 0.799. The van der Waals surface area contributed by atoms with Crippen molar-refractivity contribution in [2.24, 2.45) is 11.8 Å². The lowest BCUT2D eigenvalue weighted by atomic mass is 9.80. The number of rotatable bonds is 1. The van der Waals surface area contributed by atoms with Gasteiger partial charge in [-0.3, -0.25) is 4.79 Å². The standard InChI is InChI=1S/C14H19F3N4O/c1-9-18-19-12-8-20(5-6-21(9)12)13(22)10-3-2-4-11(7-10)14(15,16)17/h10-11H,2-8H2,1H3/t10-,11-/m1/s1. The second-order valence-electron chi connectivity index (χ2n) is 6.18. The van der Waals surface area contributed by atoms with E-state index in [-0.39, 0.29) is 18.7 Å². The maximum atomic E-state index is 12.9. The summed E-state index contributed by atoms with van der Waals surface area (Å²) in [4.78, 5) is 14.2. The molecule has 1 aliphatic carbocycles. The van der Waals surface area contributed by atoms with E-state index in [0.717, 1.165) is 5.82 Å². The SMILES string of the molecule is Cc1nnc2n1CCN(C(=O)[C@@H]1CCC[C@@H](C(F)(F)F)C1)C2. The van der Waals surface area contributed by atoms with Crippen LogP contribution in [0.1, 0.15) is 37.3 Å². The summed E-state index contributed by atoms with van der Waals surface area (Å²) in [5.74, 6) is -0.514. The number of fused-ring (bicyclic) bond motifs is 1. The molecule has 2 aliphatic rings. The zero-order valence-corrected chi connectivity index (χ0v) is 12.4. The van der Waals surface area contributed by atoms with Gasteiger partial charge in [-0.1, -0.05) is 6.42 Å². The molecule has 3 rings (SSSR count). The maximum Gasteiger partial charge on any atom is 0.391 e. The summed E-state index contributed by atoms with van der Waals surface area (Å²) in [6, 6.07) is 0. The second kappa shape index (κ2) is 5.55. The molecule has 1 amide bonds. The smallest absolute Gasteiger partial charge is 0.333 e. The Hall–Kier alpha value is -1.60. The summed E-state index contributed by atoms with van der Waals surface area (Å²) in [6.45, 7) is 3.31. The lowest BCUT2D eigenvalue weighted by molar-refractivity contribution is -0.187. The number of aryl methyl sites for hydroxylation is 1. The monoisotopic (exact) mass is 316 g/mol. The molecule has 1 aromatic heterocycles. The summed E-state index contributed by atoms with van der Waals surface area (Å²) >= 11 is 0. The molecule has 0 bridgehead atoms. The van der Waals surface area contributed by atoms with E-state index in [1.807, 2.05) is 11.5 Å². The third kappa shape index (κ3) is 2.83. The highest BCUT2D eigenvalue weighted by atomic mass is 19.4. The van der Waals surface area contributed by atoms with Crippen molar-refractivity contribution < 1.29 is 18.0 Å². The maximum absolute atomic E-state index is 12.9. The van der Waals surface area contributed by atoms with Gasteiger partial charge in [0.1, 0.15) is 5.82 Å². The van der Waals surface area contributed by atoms with Gasteiger partial charge < -0.3 is 9.47 Å². The van der Waals surface area contributed by atoms with Crippen molar-refractivity contribution in [2.75, 3.05) is 6.54 Å². The highest BCUT2D eigenvalue weighted by molar-refractivity contribution is 5.79. The fourth-order valence-electron chi connectivity index (χ4n) is 3.46. The van der Waals surface area contributed by atoms with Crippen molar-refractivity contribution in [2.45, 2.75) is 51.9 Å². The molecule has 122 valence electrons. The average molecular weight is 316 g/mol. The van der Waals surface area contributed by atoms with Crippen LogP contribution in [-0.2, 0) is 17.9 Å². The minimum absolute atomic E-state index is 0.0788. The van der Waals surface area contributed by atoms with Gasteiger partial charge in [0, 0.05) is 19.0 Å². The van der Waals surface area contributed by atoms with Gasteiger partial charge in [-0.25, -0.2) is 0 Å². The van der Waals surface area contributed by atoms with Gasteiger partial charge in [-0.15, -0.1) is 10.2 Å². The zero-order chi connectivity index (χ0) is 15.9. The fraction of sp³-hybridized carbons (Fsp3) is 0.786. The highest BCUT2D eigenvalue weighted by Crippen LogP contribution is 2.40. The first-order valence-electron chi connectivity index (χ1n) is 7.60. The first-order chi connectivity index (χ1) is 10.4. The van der Waals surface area contributed by atoms with Crippen LogP contribution < -0.4 is 0 Å². The van der Waals surface area contributed by atoms with Crippen molar-refractivity contribution in [3.8, 4) is 0 Å². The first-order valence-corrected chi connectivity index (χ1v) is 7.60. The van der Waals surface area contributed by atoms with Gasteiger partial charge in [0.15, 0.2) is 5.82 Å². The molecule has 8 heteroatoms. The molecule has 2 heterocycles. The van der Waals surface area contributed by atoms with Gasteiger partial charge in [0.2, 0.25) is 5.91 Å². The van der Waals surface area contributed by atoms with Crippen molar-refractivity contribution >= 4 is 5.91 Å². The van der Waals surface area contributed by atoms with E-state index in [4.69, 9.17) is 0 Å². The summed E-state index contributed by atoms with van der Waals surface area (Å²) in [7, 11) is 0. The Morgan fingerprint density at radius 1 is 1.23 bits per heavy atom. The normalized spacial score (nSPS) is 25.9. The third-order valence-electron chi connectivity index (χ3n) is 4.74. The van der Waals surface area contributed by atoms with Crippen LogP contribution in [0, 0.1) is 18.8 Å². The number of halogens is 3. The number of hydrogen-bond donors (Lipinski definition) is 0. The van der Waals surface area contributed by atoms with E-state index < -0.39 is 18.0 Å². The Balaban J connectivity index is 1.67. The van der Waals surface area contributed by atoms with Crippen LogP contribution in [0.2, 0.25) is 0 Å². The number of carbonyl (C=O) groups excluding carboxylic acids is 1. The molecular weight excluding hydrogens is 297 g/mol. The summed E-state index contributed by atoms with van der Waals surface area (Å²) in [5.41, 5.74) is 0. The van der Waals surface area contributed by atoms with E-state index >= 15 is 0 Å². The molecule has 22 heavy (non-hydrogen) atoms. The Labute approximate surface area is 126 Å². The Bertz CT molecular complexity index is 569. The van der Waals surface area contributed by atoms with Crippen LogP contribution in [0.4, 0.5) is 13.2 Å². The minimum Gasteiger partial charge on any atom is -0.333 e. The predicted molar refractivity (Wildman–Crippen MR) is 71.7 cm³/mol. The van der Waals surface area contributed by atoms with Gasteiger partial charge in [0.25, 0.3) is 0 Å². The summed E-state index contributed by atoms with van der Waals surface area (Å²) < 4.78 is 40.6. The Kier molecular flexibility index (Phi) is 3.86. The number of nitrogens with zero attached hydrogens (tertiary/aromatic N) is 4. The van der Waals surface area contributed by atoms with Crippen molar-refractivity contribution in [3.05, 3.63) is 11.6 Å². The number of aromatic nitrogens is 3. The molecule has 5 nitrogen and oxygen atoms in total. The molecular formula is C14H19F3N4O. The first kappa shape index (κ1) is 15.3. The van der Waals surface area contributed by atoms with Crippen molar-refractivity contribution in [1.29, 1.82) is 0 Å². The Morgan fingerprint density at radius 2 is 2.00 bits per heavy atom. The van der Waals surface area contributed by atoms with Crippen molar-refractivity contribution in [3.63, 3.8) is 0 Å². The molecule has 1 fully saturated rings. The van der Waals surface area contributed by atoms with Crippen LogP contribution in [0.25, 0.3) is 0 Å². The van der Waals surface area contributed by atoms with E-state index in [1.54, 1.807) is 4.90 Å². The predicted octanol–water partition coefficient (Wildman–Crippen LogP) is 2.30. The molecule has 0 radical (unpaired) electrons. The minimum atomic E-state index is -4.20. The Morgan fingerprint density at radius 3 is 2.73 bits per heavy atom. The van der Waals surface area contributed by atoms with E-state index in [2.05, 4.69) is 10.2 Å². The van der Waals surface area contributed by atoms with Gasteiger partial charge >= 0.3 is 6.18 Å². The molecule has 0 aromatic carbocycles. The van der Waals surface area contributed by atoms with E-state index in [0.29, 0.717) is 38.3 Å².